The van der Waals surface area contributed by atoms with Crippen LogP contribution in [0, 0.1) is 6.92 Å². The SMILES string of the molecule is Cc1nc(-c2ccc3c(c2)OCO3)n[nH]1. The molecular formula is C10H9N3O2. The van der Waals surface area contributed by atoms with E-state index < -0.39 is 0 Å². The normalized spacial score (nSPS) is 13.1. The Morgan fingerprint density at radius 2 is 2.13 bits per heavy atom. The highest BCUT2D eigenvalue weighted by Crippen LogP contribution is 2.34. The molecule has 76 valence electrons. The number of benzene rings is 1. The van der Waals surface area contributed by atoms with Crippen LogP contribution in [0.3, 0.4) is 0 Å². The lowest BCUT2D eigenvalue weighted by Crippen LogP contribution is -1.92. The van der Waals surface area contributed by atoms with Gasteiger partial charge in [-0.3, -0.25) is 5.10 Å². The second-order valence-corrected chi connectivity index (χ2v) is 3.31. The summed E-state index contributed by atoms with van der Waals surface area (Å²) < 4.78 is 10.5. The van der Waals surface area contributed by atoms with Crippen molar-refractivity contribution in [1.29, 1.82) is 0 Å². The van der Waals surface area contributed by atoms with E-state index in [-0.39, 0.29) is 6.79 Å². The third kappa shape index (κ3) is 1.32. The summed E-state index contributed by atoms with van der Waals surface area (Å²) in [6.45, 7) is 2.15. The van der Waals surface area contributed by atoms with Crippen LogP contribution in [0.5, 0.6) is 11.5 Å². The van der Waals surface area contributed by atoms with Gasteiger partial charge in [-0.25, -0.2) is 4.98 Å². The molecule has 0 unspecified atom stereocenters. The summed E-state index contributed by atoms with van der Waals surface area (Å²) in [6.07, 6.45) is 0. The van der Waals surface area contributed by atoms with Crippen LogP contribution in [0.2, 0.25) is 0 Å². The van der Waals surface area contributed by atoms with E-state index in [1.807, 2.05) is 25.1 Å². The molecule has 1 aliphatic heterocycles. The van der Waals surface area contributed by atoms with Crippen molar-refractivity contribution in [2.45, 2.75) is 6.92 Å². The maximum absolute atomic E-state index is 5.28. The first-order valence-corrected chi connectivity index (χ1v) is 4.62. The molecule has 0 radical (unpaired) electrons. The van der Waals surface area contributed by atoms with E-state index in [2.05, 4.69) is 15.2 Å². The Morgan fingerprint density at radius 1 is 1.27 bits per heavy atom. The molecule has 0 atom stereocenters. The van der Waals surface area contributed by atoms with Crippen molar-refractivity contribution in [3.05, 3.63) is 24.0 Å². The van der Waals surface area contributed by atoms with E-state index in [0.717, 1.165) is 22.9 Å². The van der Waals surface area contributed by atoms with Crippen LogP contribution in [0.15, 0.2) is 18.2 Å². The van der Waals surface area contributed by atoms with Crippen molar-refractivity contribution >= 4 is 0 Å². The van der Waals surface area contributed by atoms with Gasteiger partial charge in [0.2, 0.25) is 6.79 Å². The van der Waals surface area contributed by atoms with Gasteiger partial charge in [0.05, 0.1) is 0 Å². The maximum Gasteiger partial charge on any atom is 0.231 e. The number of ether oxygens (including phenoxy) is 2. The smallest absolute Gasteiger partial charge is 0.231 e. The average molecular weight is 203 g/mol. The highest BCUT2D eigenvalue weighted by molar-refractivity contribution is 5.61. The van der Waals surface area contributed by atoms with Crippen LogP contribution in [0.1, 0.15) is 5.82 Å². The zero-order valence-corrected chi connectivity index (χ0v) is 8.15. The van der Waals surface area contributed by atoms with Crippen molar-refractivity contribution in [3.63, 3.8) is 0 Å². The molecule has 0 saturated heterocycles. The first-order chi connectivity index (χ1) is 7.33. The fourth-order valence-electron chi connectivity index (χ4n) is 1.51. The first kappa shape index (κ1) is 8.28. The monoisotopic (exact) mass is 203 g/mol. The molecule has 1 aliphatic rings. The van der Waals surface area contributed by atoms with Gasteiger partial charge in [0.25, 0.3) is 0 Å². The number of nitrogens with one attached hydrogen (secondary N) is 1. The standard InChI is InChI=1S/C10H9N3O2/c1-6-11-10(13-12-6)7-2-3-8-9(4-7)15-5-14-8/h2-4H,5H2,1H3,(H,11,12,13). The summed E-state index contributed by atoms with van der Waals surface area (Å²) >= 11 is 0. The molecule has 15 heavy (non-hydrogen) atoms. The molecule has 2 aromatic rings. The minimum Gasteiger partial charge on any atom is -0.454 e. The molecule has 1 N–H and O–H groups in total. The van der Waals surface area contributed by atoms with Crippen LogP contribution in [0.4, 0.5) is 0 Å². The maximum atomic E-state index is 5.28. The van der Waals surface area contributed by atoms with E-state index >= 15 is 0 Å². The average Bonchev–Trinajstić information content (AvgIpc) is 2.84. The van der Waals surface area contributed by atoms with Gasteiger partial charge >= 0.3 is 0 Å². The largest absolute Gasteiger partial charge is 0.454 e. The Kier molecular flexibility index (Phi) is 1.65. The quantitative estimate of drug-likeness (QED) is 0.763. The summed E-state index contributed by atoms with van der Waals surface area (Å²) in [5.41, 5.74) is 0.920. The van der Waals surface area contributed by atoms with E-state index in [4.69, 9.17) is 9.47 Å². The molecule has 3 rings (SSSR count). The number of aryl methyl sites for hydroxylation is 1. The predicted octanol–water partition coefficient (Wildman–Crippen LogP) is 1.51. The summed E-state index contributed by atoms with van der Waals surface area (Å²) in [5, 5.41) is 6.88. The Hall–Kier alpha value is -2.04. The van der Waals surface area contributed by atoms with Gasteiger partial charge in [-0.05, 0) is 25.1 Å². The van der Waals surface area contributed by atoms with Gasteiger partial charge in [0, 0.05) is 5.56 Å². The Balaban J connectivity index is 2.06. The van der Waals surface area contributed by atoms with E-state index in [1.165, 1.54) is 0 Å². The number of aromatic amines is 1. The zero-order chi connectivity index (χ0) is 10.3. The van der Waals surface area contributed by atoms with Crippen molar-refractivity contribution in [3.8, 4) is 22.9 Å². The van der Waals surface area contributed by atoms with E-state index in [9.17, 15) is 0 Å². The lowest BCUT2D eigenvalue weighted by atomic mass is 10.2. The summed E-state index contributed by atoms with van der Waals surface area (Å²) in [7, 11) is 0. The molecule has 0 saturated carbocycles. The second-order valence-electron chi connectivity index (χ2n) is 3.31. The van der Waals surface area contributed by atoms with Crippen LogP contribution >= 0.6 is 0 Å². The minimum absolute atomic E-state index is 0.284. The number of hydrogen-bond donors (Lipinski definition) is 1. The highest BCUT2D eigenvalue weighted by Gasteiger charge is 2.15. The number of nitrogens with zero attached hydrogens (tertiary/aromatic N) is 2. The lowest BCUT2D eigenvalue weighted by molar-refractivity contribution is 0.174. The van der Waals surface area contributed by atoms with Crippen LogP contribution in [-0.4, -0.2) is 22.0 Å². The molecule has 1 aromatic carbocycles. The van der Waals surface area contributed by atoms with Gasteiger partial charge in [-0.2, -0.15) is 5.10 Å². The van der Waals surface area contributed by atoms with Crippen LogP contribution in [0.25, 0.3) is 11.4 Å². The topological polar surface area (TPSA) is 60.0 Å². The minimum atomic E-state index is 0.284. The lowest BCUT2D eigenvalue weighted by Gasteiger charge is -1.97. The predicted molar refractivity (Wildman–Crippen MR) is 52.7 cm³/mol. The van der Waals surface area contributed by atoms with Crippen molar-refractivity contribution < 1.29 is 9.47 Å². The van der Waals surface area contributed by atoms with Gasteiger partial charge in [0.15, 0.2) is 17.3 Å². The number of fused-ring (bicyclic) bond motifs is 1. The molecule has 0 aliphatic carbocycles. The van der Waals surface area contributed by atoms with Gasteiger partial charge < -0.3 is 9.47 Å². The number of aromatic nitrogens is 3. The van der Waals surface area contributed by atoms with Gasteiger partial charge in [0.1, 0.15) is 5.82 Å². The molecule has 2 heterocycles. The summed E-state index contributed by atoms with van der Waals surface area (Å²) in [4.78, 5) is 4.24. The zero-order valence-electron chi connectivity index (χ0n) is 8.15. The van der Waals surface area contributed by atoms with Crippen molar-refractivity contribution in [2.75, 3.05) is 6.79 Å². The van der Waals surface area contributed by atoms with E-state index in [1.54, 1.807) is 0 Å². The van der Waals surface area contributed by atoms with Gasteiger partial charge in [-0.15, -0.1) is 0 Å². The van der Waals surface area contributed by atoms with Crippen molar-refractivity contribution in [1.82, 2.24) is 15.2 Å². The molecule has 0 bridgehead atoms. The molecule has 1 aromatic heterocycles. The highest BCUT2D eigenvalue weighted by atomic mass is 16.7. The second kappa shape index (κ2) is 2.98. The summed E-state index contributed by atoms with van der Waals surface area (Å²) in [5.74, 6) is 2.98. The Morgan fingerprint density at radius 3 is 2.93 bits per heavy atom. The third-order valence-electron chi connectivity index (χ3n) is 2.23. The number of hydrogen-bond acceptors (Lipinski definition) is 4. The molecule has 5 heteroatoms. The third-order valence-corrected chi connectivity index (χ3v) is 2.23. The molecular weight excluding hydrogens is 194 g/mol. The fraction of sp³-hybridized carbons (Fsp3) is 0.200. The molecule has 0 fully saturated rings. The van der Waals surface area contributed by atoms with E-state index in [0.29, 0.717) is 5.82 Å². The Labute approximate surface area is 86.1 Å². The van der Waals surface area contributed by atoms with Gasteiger partial charge in [-0.1, -0.05) is 0 Å². The van der Waals surface area contributed by atoms with Crippen molar-refractivity contribution in [2.24, 2.45) is 0 Å². The molecule has 5 nitrogen and oxygen atoms in total. The fourth-order valence-corrected chi connectivity index (χ4v) is 1.51. The summed E-state index contributed by atoms with van der Waals surface area (Å²) in [6, 6.07) is 5.66. The first-order valence-electron chi connectivity index (χ1n) is 4.62. The molecule has 0 amide bonds. The Bertz CT molecular complexity index is 507. The van der Waals surface area contributed by atoms with Crippen LogP contribution < -0.4 is 9.47 Å². The molecule has 0 spiro atoms. The van der Waals surface area contributed by atoms with Crippen LogP contribution in [-0.2, 0) is 0 Å². The number of H-pyrrole nitrogens is 1. The number of rotatable bonds is 1.